The molecule has 1 amide bonds. The number of aromatic nitrogens is 2. The van der Waals surface area contributed by atoms with Crippen LogP contribution in [0.3, 0.4) is 0 Å². The lowest BCUT2D eigenvalue weighted by Crippen LogP contribution is -2.26. The maximum absolute atomic E-state index is 11.7. The maximum Gasteiger partial charge on any atom is 0.253 e. The molecule has 0 aliphatic heterocycles. The Morgan fingerprint density at radius 1 is 1.47 bits per heavy atom. The van der Waals surface area contributed by atoms with E-state index in [9.17, 15) is 4.79 Å². The molecule has 0 spiro atoms. The topological polar surface area (TPSA) is 77.2 Å². The molecular weight excluding hydrogens is 246 g/mol. The van der Waals surface area contributed by atoms with Crippen LogP contribution in [-0.2, 0) is 9.53 Å². The molecule has 100 valence electrons. The Labute approximate surface area is 110 Å². The summed E-state index contributed by atoms with van der Waals surface area (Å²) in [5, 5.41) is 10.3. The first-order chi connectivity index (χ1) is 9.11. The highest BCUT2D eigenvalue weighted by molar-refractivity contribution is 5.94. The molecule has 0 saturated heterocycles. The van der Waals surface area contributed by atoms with Gasteiger partial charge in [0, 0.05) is 18.4 Å². The summed E-state index contributed by atoms with van der Waals surface area (Å²) in [6, 6.07) is 5.49. The second-order valence-electron chi connectivity index (χ2n) is 4.14. The number of hydrogen-bond donors (Lipinski definition) is 1. The number of ether oxygens (including phenoxy) is 1. The summed E-state index contributed by atoms with van der Waals surface area (Å²) in [5.74, 6) is 0.266. The van der Waals surface area contributed by atoms with Crippen LogP contribution in [0.4, 0.5) is 5.69 Å². The van der Waals surface area contributed by atoms with Crippen molar-refractivity contribution in [3.63, 3.8) is 0 Å². The van der Waals surface area contributed by atoms with Crippen molar-refractivity contribution in [3.8, 4) is 11.5 Å². The predicted octanol–water partition coefficient (Wildman–Crippen LogP) is 2.02. The average Bonchev–Trinajstić information content (AvgIpc) is 2.94. The fraction of sp³-hybridized carbons (Fsp3) is 0.308. The number of nitrogens with one attached hydrogen (secondary N) is 1. The Morgan fingerprint density at radius 2 is 2.26 bits per heavy atom. The van der Waals surface area contributed by atoms with Gasteiger partial charge in [-0.2, -0.15) is 0 Å². The molecule has 1 unspecified atom stereocenters. The van der Waals surface area contributed by atoms with Crippen LogP contribution >= 0.6 is 0 Å². The van der Waals surface area contributed by atoms with Gasteiger partial charge in [-0.25, -0.2) is 0 Å². The zero-order chi connectivity index (χ0) is 13.8. The van der Waals surface area contributed by atoms with Crippen molar-refractivity contribution in [1.29, 1.82) is 0 Å². The number of carbonyl (C=O) groups excluding carboxylic acids is 1. The zero-order valence-electron chi connectivity index (χ0n) is 11.0. The number of anilines is 1. The van der Waals surface area contributed by atoms with Gasteiger partial charge < -0.3 is 14.5 Å². The van der Waals surface area contributed by atoms with Crippen molar-refractivity contribution in [2.75, 3.05) is 12.4 Å². The van der Waals surface area contributed by atoms with E-state index < -0.39 is 6.10 Å². The predicted molar refractivity (Wildman–Crippen MR) is 69.6 cm³/mol. The van der Waals surface area contributed by atoms with Crippen LogP contribution in [0, 0.1) is 6.92 Å². The summed E-state index contributed by atoms with van der Waals surface area (Å²) in [5.41, 5.74) is 2.46. The van der Waals surface area contributed by atoms with Crippen LogP contribution in [-0.4, -0.2) is 29.3 Å². The minimum absolute atomic E-state index is 0.184. The number of hydrogen-bond acceptors (Lipinski definition) is 5. The fourth-order valence-electron chi connectivity index (χ4n) is 1.58. The molecule has 0 fully saturated rings. The van der Waals surface area contributed by atoms with Gasteiger partial charge in [-0.3, -0.25) is 4.79 Å². The minimum atomic E-state index is -0.491. The highest BCUT2D eigenvalue weighted by atomic mass is 16.5. The summed E-state index contributed by atoms with van der Waals surface area (Å²) >= 11 is 0. The number of methoxy groups -OCH3 is 1. The van der Waals surface area contributed by atoms with Gasteiger partial charge in [0.05, 0.1) is 0 Å². The third kappa shape index (κ3) is 2.97. The van der Waals surface area contributed by atoms with Gasteiger partial charge >= 0.3 is 0 Å². The van der Waals surface area contributed by atoms with E-state index >= 15 is 0 Å². The molecule has 2 aromatic rings. The summed E-state index contributed by atoms with van der Waals surface area (Å²) < 4.78 is 10.1. The van der Waals surface area contributed by atoms with Crippen LogP contribution in [0.25, 0.3) is 11.5 Å². The highest BCUT2D eigenvalue weighted by Crippen LogP contribution is 2.23. The molecular formula is C13H15N3O3. The monoisotopic (exact) mass is 261 g/mol. The lowest BCUT2D eigenvalue weighted by atomic mass is 10.1. The van der Waals surface area contributed by atoms with Crippen molar-refractivity contribution in [2.45, 2.75) is 20.0 Å². The average molecular weight is 261 g/mol. The fourth-order valence-corrected chi connectivity index (χ4v) is 1.58. The van der Waals surface area contributed by atoms with E-state index in [2.05, 4.69) is 15.5 Å². The largest absolute Gasteiger partial charge is 0.423 e. The van der Waals surface area contributed by atoms with E-state index in [1.807, 2.05) is 19.1 Å². The third-order valence-corrected chi connectivity index (χ3v) is 2.81. The lowest BCUT2D eigenvalue weighted by Gasteiger charge is -2.12. The van der Waals surface area contributed by atoms with Crippen LogP contribution in [0.15, 0.2) is 29.0 Å². The van der Waals surface area contributed by atoms with Gasteiger partial charge in [0.2, 0.25) is 12.3 Å². The molecule has 2 rings (SSSR count). The molecule has 0 saturated carbocycles. The number of amides is 1. The second-order valence-corrected chi connectivity index (χ2v) is 4.14. The first-order valence-corrected chi connectivity index (χ1v) is 5.82. The van der Waals surface area contributed by atoms with Crippen LogP contribution in [0.5, 0.6) is 0 Å². The molecule has 6 heteroatoms. The Balaban J connectivity index is 2.18. The zero-order valence-corrected chi connectivity index (χ0v) is 11.0. The number of carbonyl (C=O) groups is 1. The van der Waals surface area contributed by atoms with E-state index in [-0.39, 0.29) is 5.91 Å². The first kappa shape index (κ1) is 13.2. The van der Waals surface area contributed by atoms with E-state index in [0.29, 0.717) is 5.89 Å². The first-order valence-electron chi connectivity index (χ1n) is 5.82. The van der Waals surface area contributed by atoms with Crippen molar-refractivity contribution in [1.82, 2.24) is 10.2 Å². The minimum Gasteiger partial charge on any atom is -0.423 e. The number of rotatable bonds is 4. The third-order valence-electron chi connectivity index (χ3n) is 2.81. The van der Waals surface area contributed by atoms with Crippen molar-refractivity contribution in [2.24, 2.45) is 0 Å². The molecule has 1 N–H and O–H groups in total. The van der Waals surface area contributed by atoms with Crippen LogP contribution in [0.2, 0.25) is 0 Å². The maximum atomic E-state index is 11.7. The Morgan fingerprint density at radius 3 is 2.84 bits per heavy atom. The quantitative estimate of drug-likeness (QED) is 0.911. The number of aryl methyl sites for hydroxylation is 1. The van der Waals surface area contributed by atoms with E-state index in [4.69, 9.17) is 9.15 Å². The highest BCUT2D eigenvalue weighted by Gasteiger charge is 2.13. The van der Waals surface area contributed by atoms with Crippen LogP contribution < -0.4 is 5.32 Å². The smallest absolute Gasteiger partial charge is 0.253 e. The van der Waals surface area contributed by atoms with Crippen LogP contribution in [0.1, 0.15) is 12.5 Å². The molecule has 1 aromatic carbocycles. The molecule has 0 aliphatic carbocycles. The number of benzene rings is 1. The van der Waals surface area contributed by atoms with Gasteiger partial charge in [0.15, 0.2) is 0 Å². The molecule has 6 nitrogen and oxygen atoms in total. The molecule has 0 radical (unpaired) electrons. The van der Waals surface area contributed by atoms with E-state index in [1.165, 1.54) is 13.5 Å². The second kappa shape index (κ2) is 5.62. The Kier molecular flexibility index (Phi) is 3.91. The molecule has 0 aliphatic rings. The lowest BCUT2D eigenvalue weighted by molar-refractivity contribution is -0.124. The van der Waals surface area contributed by atoms with Crippen molar-refractivity contribution >= 4 is 11.6 Å². The van der Waals surface area contributed by atoms with E-state index in [0.717, 1.165) is 16.8 Å². The molecule has 1 aromatic heterocycles. The molecule has 1 heterocycles. The Hall–Kier alpha value is -2.21. The van der Waals surface area contributed by atoms with Crippen molar-refractivity contribution in [3.05, 3.63) is 30.2 Å². The SMILES string of the molecule is COC(C)C(=O)Nc1ccc(-c2nnco2)cc1C. The normalized spacial score (nSPS) is 12.2. The summed E-state index contributed by atoms with van der Waals surface area (Å²) in [6.07, 6.45) is 0.788. The van der Waals surface area contributed by atoms with Crippen molar-refractivity contribution < 1.29 is 13.9 Å². The van der Waals surface area contributed by atoms with E-state index in [1.54, 1.807) is 13.0 Å². The molecule has 0 bridgehead atoms. The van der Waals surface area contributed by atoms with Gasteiger partial charge in [0.1, 0.15) is 6.10 Å². The van der Waals surface area contributed by atoms with Gasteiger partial charge in [0.25, 0.3) is 5.91 Å². The summed E-state index contributed by atoms with van der Waals surface area (Å²) in [6.45, 7) is 3.59. The molecule has 19 heavy (non-hydrogen) atoms. The Bertz CT molecular complexity index is 567. The van der Waals surface area contributed by atoms with Gasteiger partial charge in [-0.1, -0.05) is 0 Å². The standard InChI is InChI=1S/C13H15N3O3/c1-8-6-10(13-16-14-7-19-13)4-5-11(8)15-12(17)9(2)18-3/h4-7,9H,1-3H3,(H,15,17). The molecule has 1 atom stereocenters. The summed E-state index contributed by atoms with van der Waals surface area (Å²) in [7, 11) is 1.50. The number of nitrogens with zero attached hydrogens (tertiary/aromatic N) is 2. The van der Waals surface area contributed by atoms with Gasteiger partial charge in [-0.15, -0.1) is 10.2 Å². The van der Waals surface area contributed by atoms with Gasteiger partial charge in [-0.05, 0) is 37.6 Å². The summed E-state index contributed by atoms with van der Waals surface area (Å²) in [4.78, 5) is 11.7.